The van der Waals surface area contributed by atoms with Crippen molar-refractivity contribution in [3.05, 3.63) is 29.8 Å². The van der Waals surface area contributed by atoms with E-state index in [0.29, 0.717) is 6.04 Å². The van der Waals surface area contributed by atoms with Crippen LogP contribution in [0.15, 0.2) is 29.2 Å². The van der Waals surface area contributed by atoms with E-state index in [2.05, 4.69) is 42.8 Å². The summed E-state index contributed by atoms with van der Waals surface area (Å²) < 4.78 is 0. The Hall–Kier alpha value is -0.510. The molecule has 0 aromatic heterocycles. The molecule has 1 aliphatic rings. The summed E-state index contributed by atoms with van der Waals surface area (Å²) in [6, 6.07) is 9.09. The lowest BCUT2D eigenvalue weighted by atomic mass is 9.88. The molecule has 1 saturated carbocycles. The Morgan fingerprint density at radius 2 is 1.84 bits per heavy atom. The zero-order valence-electron chi connectivity index (χ0n) is 12.0. The highest BCUT2D eigenvalue weighted by Crippen LogP contribution is 2.27. The molecule has 1 fully saturated rings. The highest BCUT2D eigenvalue weighted by atomic mass is 32.2. The van der Waals surface area contributed by atoms with Gasteiger partial charge in [0.1, 0.15) is 0 Å². The zero-order valence-corrected chi connectivity index (χ0v) is 12.8. The number of nitrogens with one attached hydrogen (secondary N) is 1. The molecule has 2 nitrogen and oxygen atoms in total. The SMILES string of the molecule is CSc1ccc(C(C)(CO)NC2CCCCC2)cc1. The first kappa shape index (κ1) is 14.9. The fraction of sp³-hybridized carbons (Fsp3) is 0.625. The van der Waals surface area contributed by atoms with Crippen molar-refractivity contribution in [1.82, 2.24) is 5.32 Å². The largest absolute Gasteiger partial charge is 0.394 e. The summed E-state index contributed by atoms with van der Waals surface area (Å²) in [6.45, 7) is 2.25. The molecular formula is C16H25NOS. The summed E-state index contributed by atoms with van der Waals surface area (Å²) in [5.74, 6) is 0. The van der Waals surface area contributed by atoms with Crippen LogP contribution in [0, 0.1) is 0 Å². The molecule has 0 heterocycles. The van der Waals surface area contributed by atoms with Crippen molar-refractivity contribution in [3.63, 3.8) is 0 Å². The Kier molecular flexibility index (Phi) is 5.31. The molecule has 0 amide bonds. The summed E-state index contributed by atoms with van der Waals surface area (Å²) in [7, 11) is 0. The van der Waals surface area contributed by atoms with Crippen LogP contribution in [0.3, 0.4) is 0 Å². The lowest BCUT2D eigenvalue weighted by molar-refractivity contribution is 0.150. The van der Waals surface area contributed by atoms with Crippen LogP contribution in [-0.4, -0.2) is 24.0 Å². The Morgan fingerprint density at radius 3 is 2.37 bits per heavy atom. The van der Waals surface area contributed by atoms with Crippen molar-refractivity contribution in [2.24, 2.45) is 0 Å². The summed E-state index contributed by atoms with van der Waals surface area (Å²) in [6.07, 6.45) is 8.53. The maximum absolute atomic E-state index is 9.83. The second-order valence-corrected chi connectivity index (χ2v) is 6.58. The molecule has 19 heavy (non-hydrogen) atoms. The number of rotatable bonds is 5. The van der Waals surface area contributed by atoms with Crippen LogP contribution in [0.4, 0.5) is 0 Å². The van der Waals surface area contributed by atoms with E-state index in [0.717, 1.165) is 0 Å². The Balaban J connectivity index is 2.10. The fourth-order valence-electron chi connectivity index (χ4n) is 2.88. The van der Waals surface area contributed by atoms with Gasteiger partial charge in [0.15, 0.2) is 0 Å². The average molecular weight is 279 g/mol. The Morgan fingerprint density at radius 1 is 1.21 bits per heavy atom. The van der Waals surface area contributed by atoms with E-state index in [9.17, 15) is 5.11 Å². The molecule has 0 bridgehead atoms. The van der Waals surface area contributed by atoms with Crippen LogP contribution >= 0.6 is 11.8 Å². The molecule has 1 aliphatic carbocycles. The molecule has 0 radical (unpaired) electrons. The van der Waals surface area contributed by atoms with Gasteiger partial charge >= 0.3 is 0 Å². The maximum atomic E-state index is 9.83. The minimum atomic E-state index is -0.320. The van der Waals surface area contributed by atoms with E-state index >= 15 is 0 Å². The molecule has 1 atom stereocenters. The Bertz CT molecular complexity index is 386. The molecule has 1 aromatic carbocycles. The van der Waals surface area contributed by atoms with Gasteiger partial charge in [0.2, 0.25) is 0 Å². The van der Waals surface area contributed by atoms with Gasteiger partial charge in [0, 0.05) is 10.9 Å². The summed E-state index contributed by atoms with van der Waals surface area (Å²) >= 11 is 1.75. The van der Waals surface area contributed by atoms with Gasteiger partial charge in [-0.15, -0.1) is 11.8 Å². The third kappa shape index (κ3) is 3.74. The van der Waals surface area contributed by atoms with Crippen molar-refractivity contribution < 1.29 is 5.11 Å². The van der Waals surface area contributed by atoms with E-state index in [4.69, 9.17) is 0 Å². The predicted octanol–water partition coefficient (Wildman–Crippen LogP) is 3.54. The van der Waals surface area contributed by atoms with E-state index in [1.807, 2.05) is 0 Å². The number of benzene rings is 1. The number of hydrogen-bond donors (Lipinski definition) is 2. The molecular weight excluding hydrogens is 254 g/mol. The van der Waals surface area contributed by atoms with E-state index in [1.54, 1.807) is 11.8 Å². The molecule has 2 N–H and O–H groups in total. The summed E-state index contributed by atoms with van der Waals surface area (Å²) in [5.41, 5.74) is 0.859. The van der Waals surface area contributed by atoms with Crippen molar-refractivity contribution >= 4 is 11.8 Å². The zero-order chi connectivity index (χ0) is 13.7. The van der Waals surface area contributed by atoms with Crippen LogP contribution in [0.5, 0.6) is 0 Å². The average Bonchev–Trinajstić information content (AvgIpc) is 2.48. The van der Waals surface area contributed by atoms with Gasteiger partial charge in [-0.05, 0) is 43.7 Å². The number of thioether (sulfide) groups is 1. The molecule has 1 unspecified atom stereocenters. The first-order valence-electron chi connectivity index (χ1n) is 7.21. The summed E-state index contributed by atoms with van der Waals surface area (Å²) in [5, 5.41) is 13.5. The highest BCUT2D eigenvalue weighted by molar-refractivity contribution is 7.98. The van der Waals surface area contributed by atoms with Crippen molar-refractivity contribution in [3.8, 4) is 0 Å². The highest BCUT2D eigenvalue weighted by Gasteiger charge is 2.29. The molecule has 0 saturated heterocycles. The lowest BCUT2D eigenvalue weighted by Crippen LogP contribution is -2.49. The minimum absolute atomic E-state index is 0.141. The number of aliphatic hydroxyl groups is 1. The fourth-order valence-corrected chi connectivity index (χ4v) is 3.28. The van der Waals surface area contributed by atoms with Gasteiger partial charge in [-0.3, -0.25) is 0 Å². The molecule has 106 valence electrons. The van der Waals surface area contributed by atoms with Gasteiger partial charge < -0.3 is 10.4 Å². The van der Waals surface area contributed by atoms with E-state index in [1.165, 1.54) is 42.6 Å². The topological polar surface area (TPSA) is 32.3 Å². The smallest absolute Gasteiger partial charge is 0.0652 e. The Labute approximate surface area is 121 Å². The monoisotopic (exact) mass is 279 g/mol. The van der Waals surface area contributed by atoms with Crippen LogP contribution in [0.25, 0.3) is 0 Å². The van der Waals surface area contributed by atoms with Crippen molar-refractivity contribution in [1.29, 1.82) is 0 Å². The van der Waals surface area contributed by atoms with Crippen molar-refractivity contribution in [2.75, 3.05) is 12.9 Å². The second kappa shape index (κ2) is 6.78. The quantitative estimate of drug-likeness (QED) is 0.809. The molecule has 3 heteroatoms. The van der Waals surface area contributed by atoms with Gasteiger partial charge in [-0.2, -0.15) is 0 Å². The van der Waals surface area contributed by atoms with E-state index < -0.39 is 0 Å². The first-order valence-corrected chi connectivity index (χ1v) is 8.43. The molecule has 0 spiro atoms. The number of aliphatic hydroxyl groups excluding tert-OH is 1. The second-order valence-electron chi connectivity index (χ2n) is 5.70. The van der Waals surface area contributed by atoms with Crippen molar-refractivity contribution in [2.45, 2.75) is 55.5 Å². The molecule has 0 aliphatic heterocycles. The van der Waals surface area contributed by atoms with Crippen LogP contribution in [0.1, 0.15) is 44.6 Å². The van der Waals surface area contributed by atoms with Gasteiger partial charge in [-0.25, -0.2) is 0 Å². The lowest BCUT2D eigenvalue weighted by Gasteiger charge is -2.36. The normalized spacial score (nSPS) is 20.2. The maximum Gasteiger partial charge on any atom is 0.0652 e. The third-order valence-electron chi connectivity index (χ3n) is 4.17. The number of hydrogen-bond acceptors (Lipinski definition) is 3. The molecule has 2 rings (SSSR count). The summed E-state index contributed by atoms with van der Waals surface area (Å²) in [4.78, 5) is 1.27. The van der Waals surface area contributed by atoms with Crippen LogP contribution < -0.4 is 5.32 Å². The third-order valence-corrected chi connectivity index (χ3v) is 4.91. The minimum Gasteiger partial charge on any atom is -0.394 e. The van der Waals surface area contributed by atoms with Gasteiger partial charge in [-0.1, -0.05) is 31.4 Å². The first-order chi connectivity index (χ1) is 9.18. The van der Waals surface area contributed by atoms with Crippen LogP contribution in [0.2, 0.25) is 0 Å². The van der Waals surface area contributed by atoms with E-state index in [-0.39, 0.29) is 12.1 Å². The predicted molar refractivity (Wildman–Crippen MR) is 82.7 cm³/mol. The molecule has 1 aromatic rings. The standard InChI is InChI=1S/C16H25NOS/c1-16(12-18,17-14-6-4-3-5-7-14)13-8-10-15(19-2)11-9-13/h8-11,14,17-18H,3-7,12H2,1-2H3. The van der Waals surface area contributed by atoms with Crippen LogP contribution in [-0.2, 0) is 5.54 Å². The van der Waals surface area contributed by atoms with Gasteiger partial charge in [0.25, 0.3) is 0 Å². The van der Waals surface area contributed by atoms with Gasteiger partial charge in [0.05, 0.1) is 12.1 Å².